The summed E-state index contributed by atoms with van der Waals surface area (Å²) in [5.41, 5.74) is 5.53. The minimum atomic E-state index is -1.12. The number of aromatic hydroxyl groups is 10. The number of hydrogen-bond donors (Lipinski definition) is 10. The van der Waals surface area contributed by atoms with Gasteiger partial charge in [0.25, 0.3) is 0 Å². The van der Waals surface area contributed by atoms with Crippen LogP contribution in [0.3, 0.4) is 0 Å². The quantitative estimate of drug-likeness (QED) is 0.0313. The SMILES string of the molecule is Oc1c(O)c(O)c(N(c2ccc(N(c3ccccc3)c3ccccc3)cc2)c2ccc3ccc4c(N(c5ccc(N(c6ccccc6)c6ccccc6)cc5)c5c(O)c(O)c(O)c(O)c5O)ccc5ccc2c3c54)c(O)c1O. The number of nitrogens with zero attached hydrogens (tertiary/aromatic N) is 4. The zero-order valence-corrected chi connectivity index (χ0v) is 41.0. The molecule has 382 valence electrons. The Labute approximate surface area is 445 Å². The molecule has 0 aliphatic rings. The minimum absolute atomic E-state index is 0.352. The van der Waals surface area contributed by atoms with Gasteiger partial charge in [-0.1, -0.05) is 109 Å². The number of benzene rings is 12. The van der Waals surface area contributed by atoms with Crippen LogP contribution in [0.25, 0.3) is 32.3 Å². The van der Waals surface area contributed by atoms with Gasteiger partial charge in [0.1, 0.15) is 11.4 Å². The lowest BCUT2D eigenvalue weighted by Gasteiger charge is -2.31. The topological polar surface area (TPSA) is 215 Å². The van der Waals surface area contributed by atoms with Gasteiger partial charge in [-0.25, -0.2) is 0 Å². The van der Waals surface area contributed by atoms with Gasteiger partial charge in [-0.15, -0.1) is 0 Å². The highest BCUT2D eigenvalue weighted by Crippen LogP contribution is 2.61. The molecule has 0 atom stereocenters. The standard InChI is InChI=1S/C64H46N4O10/c69-55-53(56(70)60(74)63(77)59(55)73)67(45-29-25-43(26-30-45)65(39-13-5-1-6-14-39)40-15-7-2-8-16-40)49-35-23-37-22-34-48-50(36-24-38-21-33-47(49)51(37)52(38)48)68(54-57(71)61(75)64(78)62(76)58(54)72)46-31-27-44(28-32-46)66(41-17-9-3-10-18-41)42-19-11-4-12-20-42/h1-36,69-78H. The molecule has 0 unspecified atom stereocenters. The summed E-state index contributed by atoms with van der Waals surface area (Å²) in [4.78, 5) is 7.04. The molecule has 0 radical (unpaired) electrons. The molecule has 12 rings (SSSR count). The van der Waals surface area contributed by atoms with E-state index < -0.39 is 68.9 Å². The van der Waals surface area contributed by atoms with Crippen LogP contribution >= 0.6 is 0 Å². The van der Waals surface area contributed by atoms with Crippen molar-refractivity contribution in [1.29, 1.82) is 0 Å². The summed E-state index contributed by atoms with van der Waals surface area (Å²) < 4.78 is 0. The predicted octanol–water partition coefficient (Wildman–Crippen LogP) is 15.5. The average Bonchev–Trinajstić information content (AvgIpc) is 3.67. The fourth-order valence-corrected chi connectivity index (χ4v) is 10.4. The van der Waals surface area contributed by atoms with Gasteiger partial charge in [-0.2, -0.15) is 0 Å². The molecule has 0 spiro atoms. The highest BCUT2D eigenvalue weighted by atomic mass is 16.4. The largest absolute Gasteiger partial charge is 0.503 e. The van der Waals surface area contributed by atoms with Crippen LogP contribution < -0.4 is 19.6 Å². The average molecular weight is 1030 g/mol. The van der Waals surface area contributed by atoms with Crippen molar-refractivity contribution < 1.29 is 51.1 Å². The van der Waals surface area contributed by atoms with E-state index in [0.717, 1.165) is 44.9 Å². The molecule has 12 aromatic rings. The number of para-hydroxylation sites is 4. The Balaban J connectivity index is 1.07. The fraction of sp³-hybridized carbons (Fsp3) is 0. The van der Waals surface area contributed by atoms with E-state index in [4.69, 9.17) is 0 Å². The third-order valence-electron chi connectivity index (χ3n) is 14.0. The maximum atomic E-state index is 11.7. The normalized spacial score (nSPS) is 11.3. The molecule has 0 fully saturated rings. The summed E-state index contributed by atoms with van der Waals surface area (Å²) in [5.74, 6) is -10.2. The van der Waals surface area contributed by atoms with Gasteiger partial charge in [-0.05, 0) is 131 Å². The second-order valence-corrected chi connectivity index (χ2v) is 18.5. The summed E-state index contributed by atoms with van der Waals surface area (Å²) in [7, 11) is 0. The van der Waals surface area contributed by atoms with Gasteiger partial charge >= 0.3 is 0 Å². The van der Waals surface area contributed by atoms with Gasteiger partial charge in [0.15, 0.2) is 23.0 Å². The van der Waals surface area contributed by atoms with Crippen molar-refractivity contribution in [2.75, 3.05) is 19.6 Å². The summed E-state index contributed by atoms with van der Waals surface area (Å²) in [6, 6.07) is 68.1. The molecule has 0 heterocycles. The highest BCUT2D eigenvalue weighted by molar-refractivity contribution is 6.28. The van der Waals surface area contributed by atoms with Gasteiger partial charge in [0.05, 0.1) is 11.4 Å². The van der Waals surface area contributed by atoms with E-state index in [1.54, 1.807) is 36.4 Å². The Kier molecular flexibility index (Phi) is 11.6. The first-order valence-electron chi connectivity index (χ1n) is 24.6. The molecular formula is C64H46N4O10. The van der Waals surface area contributed by atoms with E-state index in [1.807, 2.05) is 182 Å². The monoisotopic (exact) mass is 1030 g/mol. The van der Waals surface area contributed by atoms with E-state index in [2.05, 4.69) is 9.80 Å². The van der Waals surface area contributed by atoms with Crippen LogP contribution in [0.15, 0.2) is 218 Å². The number of phenolic OH excluding ortho intramolecular Hbond substituents is 10. The molecule has 10 N–H and O–H groups in total. The highest BCUT2D eigenvalue weighted by Gasteiger charge is 2.33. The van der Waals surface area contributed by atoms with Gasteiger partial charge < -0.3 is 70.7 Å². The van der Waals surface area contributed by atoms with Crippen molar-refractivity contribution in [1.82, 2.24) is 0 Å². The molecule has 12 aromatic carbocycles. The van der Waals surface area contributed by atoms with Gasteiger partial charge in [0.2, 0.25) is 34.5 Å². The minimum Gasteiger partial charge on any atom is -0.503 e. The summed E-state index contributed by atoms with van der Waals surface area (Å²) >= 11 is 0. The number of phenols is 10. The Morgan fingerprint density at radius 2 is 0.410 bits per heavy atom. The zero-order valence-electron chi connectivity index (χ0n) is 41.0. The third-order valence-corrected chi connectivity index (χ3v) is 14.0. The van der Waals surface area contributed by atoms with E-state index in [0.29, 0.717) is 44.3 Å². The molecular weight excluding hydrogens is 985 g/mol. The maximum Gasteiger partial charge on any atom is 0.208 e. The van der Waals surface area contributed by atoms with Crippen molar-refractivity contribution in [3.8, 4) is 57.5 Å². The number of hydrogen-bond acceptors (Lipinski definition) is 14. The van der Waals surface area contributed by atoms with Crippen molar-refractivity contribution in [3.05, 3.63) is 218 Å². The Bertz CT molecular complexity index is 3800. The molecule has 14 heteroatoms. The lowest BCUT2D eigenvalue weighted by atomic mass is 9.91. The first kappa shape index (κ1) is 47.9. The molecule has 14 nitrogen and oxygen atoms in total. The summed E-state index contributed by atoms with van der Waals surface area (Å²) in [6.45, 7) is 0. The molecule has 0 aliphatic heterocycles. The van der Waals surface area contributed by atoms with E-state index in [-0.39, 0.29) is 0 Å². The van der Waals surface area contributed by atoms with Crippen LogP contribution in [0.5, 0.6) is 57.5 Å². The molecule has 0 amide bonds. The van der Waals surface area contributed by atoms with Crippen LogP contribution in [0.4, 0.5) is 68.2 Å². The predicted molar refractivity (Wildman–Crippen MR) is 306 cm³/mol. The Morgan fingerprint density at radius 3 is 0.679 bits per heavy atom. The van der Waals surface area contributed by atoms with Crippen molar-refractivity contribution >= 4 is 101 Å². The van der Waals surface area contributed by atoms with Crippen molar-refractivity contribution in [3.63, 3.8) is 0 Å². The van der Waals surface area contributed by atoms with Crippen LogP contribution in [0, 0.1) is 0 Å². The van der Waals surface area contributed by atoms with Crippen LogP contribution in [-0.2, 0) is 0 Å². The fourth-order valence-electron chi connectivity index (χ4n) is 10.4. The molecule has 0 aliphatic carbocycles. The van der Waals surface area contributed by atoms with Gasteiger partial charge in [-0.3, -0.25) is 0 Å². The van der Waals surface area contributed by atoms with Crippen LogP contribution in [0.2, 0.25) is 0 Å². The van der Waals surface area contributed by atoms with Crippen molar-refractivity contribution in [2.45, 2.75) is 0 Å². The van der Waals surface area contributed by atoms with Crippen LogP contribution in [-0.4, -0.2) is 51.1 Å². The lowest BCUT2D eigenvalue weighted by Crippen LogP contribution is -2.13. The first-order chi connectivity index (χ1) is 37.9. The molecule has 0 bridgehead atoms. The van der Waals surface area contributed by atoms with E-state index in [1.165, 1.54) is 9.80 Å². The lowest BCUT2D eigenvalue weighted by molar-refractivity contribution is 0.329. The number of anilines is 12. The number of rotatable bonds is 12. The Hall–Kier alpha value is -11.1. The van der Waals surface area contributed by atoms with E-state index >= 15 is 0 Å². The molecule has 0 saturated carbocycles. The summed E-state index contributed by atoms with van der Waals surface area (Å²) in [6.07, 6.45) is 0. The summed E-state index contributed by atoms with van der Waals surface area (Å²) in [5, 5.41) is 116. The zero-order chi connectivity index (χ0) is 53.9. The molecule has 0 saturated heterocycles. The third kappa shape index (κ3) is 7.75. The second-order valence-electron chi connectivity index (χ2n) is 18.5. The second kappa shape index (κ2) is 19.0. The molecule has 0 aromatic heterocycles. The Morgan fingerprint density at radius 1 is 0.192 bits per heavy atom. The smallest absolute Gasteiger partial charge is 0.208 e. The van der Waals surface area contributed by atoms with Crippen molar-refractivity contribution in [2.24, 2.45) is 0 Å². The molecule has 78 heavy (non-hydrogen) atoms. The van der Waals surface area contributed by atoms with Crippen LogP contribution in [0.1, 0.15) is 0 Å². The maximum absolute atomic E-state index is 11.7. The van der Waals surface area contributed by atoms with Gasteiger partial charge in [0, 0.05) is 56.3 Å². The first-order valence-corrected chi connectivity index (χ1v) is 24.6. The van der Waals surface area contributed by atoms with E-state index in [9.17, 15) is 51.1 Å².